The third-order valence-corrected chi connectivity index (χ3v) is 4.94. The average Bonchev–Trinajstić information content (AvgIpc) is 3.45. The van der Waals surface area contributed by atoms with Crippen molar-refractivity contribution in [2.24, 2.45) is 0 Å². The van der Waals surface area contributed by atoms with Gasteiger partial charge in [-0.1, -0.05) is 6.07 Å². The van der Waals surface area contributed by atoms with Crippen molar-refractivity contribution in [2.45, 2.75) is 25.6 Å². The second kappa shape index (κ2) is 8.73. The van der Waals surface area contributed by atoms with Crippen molar-refractivity contribution in [1.29, 1.82) is 0 Å². The molecule has 3 heterocycles. The molecular formula is C23H17F5N4O2. The number of nitrogens with one attached hydrogen (secondary N) is 1. The number of carbonyl (C=O) groups excluding carboxylic acids is 1. The summed E-state index contributed by atoms with van der Waals surface area (Å²) < 4.78 is 73.5. The van der Waals surface area contributed by atoms with Crippen molar-refractivity contribution < 1.29 is 31.2 Å². The number of halogens is 5. The van der Waals surface area contributed by atoms with E-state index in [1.807, 2.05) is 0 Å². The molecule has 1 amide bonds. The van der Waals surface area contributed by atoms with Crippen LogP contribution in [0, 0.1) is 0 Å². The van der Waals surface area contributed by atoms with Crippen molar-refractivity contribution in [3.05, 3.63) is 89.7 Å². The van der Waals surface area contributed by atoms with Crippen LogP contribution in [0.15, 0.2) is 71.9 Å². The molecule has 0 unspecified atom stereocenters. The van der Waals surface area contributed by atoms with E-state index in [-0.39, 0.29) is 23.4 Å². The first-order chi connectivity index (χ1) is 16.0. The summed E-state index contributed by atoms with van der Waals surface area (Å²) in [5.41, 5.74) is -0.821. The van der Waals surface area contributed by atoms with Gasteiger partial charge in [-0.2, -0.15) is 18.3 Å². The second-order valence-electron chi connectivity index (χ2n) is 7.58. The van der Waals surface area contributed by atoms with Crippen LogP contribution in [0.2, 0.25) is 0 Å². The molecule has 0 bridgehead atoms. The number of furan rings is 1. The molecule has 0 aliphatic carbocycles. The molecule has 176 valence electrons. The van der Waals surface area contributed by atoms with Crippen molar-refractivity contribution in [3.63, 3.8) is 0 Å². The van der Waals surface area contributed by atoms with Crippen LogP contribution >= 0.6 is 0 Å². The lowest BCUT2D eigenvalue weighted by Crippen LogP contribution is -2.16. The number of hydrogen-bond donors (Lipinski definition) is 1. The van der Waals surface area contributed by atoms with Crippen LogP contribution in [-0.2, 0) is 18.6 Å². The lowest BCUT2D eigenvalue weighted by molar-refractivity contribution is -0.137. The van der Waals surface area contributed by atoms with Gasteiger partial charge in [0.05, 0.1) is 35.8 Å². The molecule has 0 fully saturated rings. The first-order valence-electron chi connectivity index (χ1n) is 9.92. The predicted octanol–water partition coefficient (Wildman–Crippen LogP) is 5.97. The summed E-state index contributed by atoms with van der Waals surface area (Å²) in [4.78, 5) is 16.6. The number of rotatable bonds is 6. The van der Waals surface area contributed by atoms with Crippen LogP contribution in [0.5, 0.6) is 0 Å². The molecule has 3 aromatic heterocycles. The van der Waals surface area contributed by atoms with Gasteiger partial charge in [0.15, 0.2) is 0 Å². The summed E-state index contributed by atoms with van der Waals surface area (Å²) in [6.07, 6.45) is 2.34. The topological polar surface area (TPSA) is 73.0 Å². The smallest absolute Gasteiger partial charge is 0.416 e. The quantitative estimate of drug-likeness (QED) is 0.348. The van der Waals surface area contributed by atoms with Gasteiger partial charge < -0.3 is 9.73 Å². The highest BCUT2D eigenvalue weighted by atomic mass is 19.4. The Hall–Kier alpha value is -4.02. The first-order valence-corrected chi connectivity index (χ1v) is 9.92. The minimum atomic E-state index is -4.75. The number of carbonyl (C=O) groups is 1. The molecule has 6 nitrogen and oxygen atoms in total. The van der Waals surface area contributed by atoms with Gasteiger partial charge >= 0.3 is 6.18 Å². The zero-order chi connectivity index (χ0) is 24.5. The highest BCUT2D eigenvalue weighted by Crippen LogP contribution is 2.36. The van der Waals surface area contributed by atoms with Crippen molar-refractivity contribution in [2.75, 3.05) is 5.32 Å². The maximum atomic E-state index is 14.0. The Bertz CT molecular complexity index is 1310. The van der Waals surface area contributed by atoms with Gasteiger partial charge in [-0.05, 0) is 35.9 Å². The van der Waals surface area contributed by atoms with Crippen LogP contribution in [0.3, 0.4) is 0 Å². The fourth-order valence-corrected chi connectivity index (χ4v) is 3.33. The van der Waals surface area contributed by atoms with E-state index in [0.717, 1.165) is 12.1 Å². The Morgan fingerprint density at radius 2 is 1.88 bits per heavy atom. The van der Waals surface area contributed by atoms with Gasteiger partial charge in [0.2, 0.25) is 0 Å². The van der Waals surface area contributed by atoms with E-state index in [1.165, 1.54) is 29.5 Å². The van der Waals surface area contributed by atoms with E-state index in [0.29, 0.717) is 24.3 Å². The molecule has 4 aromatic rings. The van der Waals surface area contributed by atoms with E-state index in [9.17, 15) is 26.7 Å². The molecule has 0 aliphatic heterocycles. The summed E-state index contributed by atoms with van der Waals surface area (Å²) in [5.74, 6) is -3.45. The predicted molar refractivity (Wildman–Crippen MR) is 112 cm³/mol. The number of pyridine rings is 1. The zero-order valence-corrected chi connectivity index (χ0v) is 17.6. The summed E-state index contributed by atoms with van der Waals surface area (Å²) in [6.45, 7) is 0.313. The van der Waals surface area contributed by atoms with Crippen molar-refractivity contribution in [1.82, 2.24) is 14.8 Å². The second-order valence-corrected chi connectivity index (χ2v) is 7.58. The van der Waals surface area contributed by atoms with Gasteiger partial charge in [0, 0.05) is 36.6 Å². The van der Waals surface area contributed by atoms with Crippen LogP contribution in [0.1, 0.15) is 34.0 Å². The third-order valence-electron chi connectivity index (χ3n) is 4.94. The van der Waals surface area contributed by atoms with Gasteiger partial charge in [-0.15, -0.1) is 0 Å². The van der Waals surface area contributed by atoms with E-state index in [1.54, 1.807) is 24.4 Å². The Labute approximate surface area is 190 Å². The highest BCUT2D eigenvalue weighted by Gasteiger charge is 2.35. The normalized spacial score (nSPS) is 12.1. The van der Waals surface area contributed by atoms with Crippen LogP contribution in [0.25, 0.3) is 11.3 Å². The largest absolute Gasteiger partial charge is 0.464 e. The molecular weight excluding hydrogens is 459 g/mol. The number of amides is 1. The molecule has 0 aliphatic rings. The van der Waals surface area contributed by atoms with Crippen LogP contribution < -0.4 is 5.32 Å². The van der Waals surface area contributed by atoms with Gasteiger partial charge in [0.25, 0.3) is 11.8 Å². The van der Waals surface area contributed by atoms with Gasteiger partial charge in [0.1, 0.15) is 5.76 Å². The van der Waals surface area contributed by atoms with Gasteiger partial charge in [-0.3, -0.25) is 14.5 Å². The Morgan fingerprint density at radius 3 is 2.56 bits per heavy atom. The maximum absolute atomic E-state index is 14.0. The third kappa shape index (κ3) is 5.13. The number of hydrogen-bond acceptors (Lipinski definition) is 4. The van der Waals surface area contributed by atoms with E-state index in [2.05, 4.69) is 15.4 Å². The summed E-state index contributed by atoms with van der Waals surface area (Å²) in [5, 5.41) is 6.64. The fraction of sp³-hybridized carbons (Fsp3) is 0.174. The average molecular weight is 476 g/mol. The molecule has 1 aromatic carbocycles. The van der Waals surface area contributed by atoms with E-state index < -0.39 is 29.1 Å². The standard InChI is InChI=1S/C23H17F5N4O2/c1-22(24,25)19-8-17(23(26,27)28)5-4-14(19)12-32-13-18(11-30-32)31-21(33)16-7-15(9-29-10-16)20-3-2-6-34-20/h2-11,13H,12H2,1H3,(H,31,33). The Balaban J connectivity index is 1.51. The number of aromatic nitrogens is 3. The zero-order valence-electron chi connectivity index (χ0n) is 17.6. The highest BCUT2D eigenvalue weighted by molar-refractivity contribution is 6.04. The number of nitrogens with zero attached hydrogens (tertiary/aromatic N) is 3. The maximum Gasteiger partial charge on any atom is 0.416 e. The Kier molecular flexibility index (Phi) is 5.94. The van der Waals surface area contributed by atoms with Crippen LogP contribution in [-0.4, -0.2) is 20.7 Å². The van der Waals surface area contributed by atoms with E-state index in [4.69, 9.17) is 4.42 Å². The van der Waals surface area contributed by atoms with Crippen molar-refractivity contribution >= 4 is 11.6 Å². The summed E-state index contributed by atoms with van der Waals surface area (Å²) in [7, 11) is 0. The molecule has 0 saturated carbocycles. The minimum absolute atomic E-state index is 0.0307. The molecule has 1 N–H and O–H groups in total. The first kappa shape index (κ1) is 23.1. The molecule has 11 heteroatoms. The number of benzene rings is 1. The SMILES string of the molecule is CC(F)(F)c1cc(C(F)(F)F)ccc1Cn1cc(NC(=O)c2cncc(-c3ccco3)c2)cn1. The van der Waals surface area contributed by atoms with E-state index >= 15 is 0 Å². The molecule has 0 atom stereocenters. The molecule has 0 saturated heterocycles. The lowest BCUT2D eigenvalue weighted by Gasteiger charge is -2.18. The molecule has 4 rings (SSSR count). The lowest BCUT2D eigenvalue weighted by atomic mass is 9.99. The summed E-state index contributed by atoms with van der Waals surface area (Å²) in [6, 6.07) is 7.20. The van der Waals surface area contributed by atoms with Gasteiger partial charge in [-0.25, -0.2) is 8.78 Å². The van der Waals surface area contributed by atoms with Crippen molar-refractivity contribution in [3.8, 4) is 11.3 Å². The fourth-order valence-electron chi connectivity index (χ4n) is 3.33. The molecule has 0 spiro atoms. The number of alkyl halides is 5. The monoisotopic (exact) mass is 476 g/mol. The van der Waals surface area contributed by atoms with Crippen LogP contribution in [0.4, 0.5) is 27.6 Å². The minimum Gasteiger partial charge on any atom is -0.464 e. The molecule has 0 radical (unpaired) electrons. The summed E-state index contributed by atoms with van der Waals surface area (Å²) >= 11 is 0. The number of anilines is 1. The molecule has 34 heavy (non-hydrogen) atoms. The Morgan fingerprint density at radius 1 is 1.09 bits per heavy atom.